The number of amides is 1. The van der Waals surface area contributed by atoms with Crippen LogP contribution in [-0.2, 0) is 16.0 Å². The lowest BCUT2D eigenvalue weighted by Gasteiger charge is -2.21. The van der Waals surface area contributed by atoms with Crippen LogP contribution in [0.3, 0.4) is 0 Å². The van der Waals surface area contributed by atoms with E-state index in [1.165, 1.54) is 18.2 Å². The Balaban J connectivity index is 1.66. The van der Waals surface area contributed by atoms with E-state index in [0.717, 1.165) is 17.7 Å². The number of hydrogen-bond acceptors (Lipinski definition) is 2. The fourth-order valence-electron chi connectivity index (χ4n) is 2.66. The molecule has 0 aromatic heterocycles. The SMILES string of the molecule is O=C(C=Cc1ccc(F)c(F)c1)N1COCC1Cc1ccccc1. The Morgan fingerprint density at radius 3 is 2.71 bits per heavy atom. The largest absolute Gasteiger partial charge is 0.359 e. The molecule has 1 amide bonds. The van der Waals surface area contributed by atoms with Crippen LogP contribution in [0.5, 0.6) is 0 Å². The molecule has 1 fully saturated rings. The van der Waals surface area contributed by atoms with Crippen LogP contribution in [0.4, 0.5) is 8.78 Å². The Morgan fingerprint density at radius 2 is 1.96 bits per heavy atom. The van der Waals surface area contributed by atoms with Gasteiger partial charge in [0.15, 0.2) is 11.6 Å². The highest BCUT2D eigenvalue weighted by Gasteiger charge is 2.28. The topological polar surface area (TPSA) is 29.5 Å². The van der Waals surface area contributed by atoms with Crippen molar-refractivity contribution in [3.8, 4) is 0 Å². The van der Waals surface area contributed by atoms with Gasteiger partial charge in [0, 0.05) is 6.08 Å². The quantitative estimate of drug-likeness (QED) is 0.805. The van der Waals surface area contributed by atoms with Gasteiger partial charge in [-0.15, -0.1) is 0 Å². The number of carbonyl (C=O) groups is 1. The van der Waals surface area contributed by atoms with Gasteiger partial charge in [-0.05, 0) is 35.8 Å². The molecule has 0 aliphatic carbocycles. The fourth-order valence-corrected chi connectivity index (χ4v) is 2.66. The molecule has 0 radical (unpaired) electrons. The molecular formula is C19H17F2NO2. The molecule has 2 aromatic rings. The van der Waals surface area contributed by atoms with Crippen LogP contribution in [-0.4, -0.2) is 30.2 Å². The van der Waals surface area contributed by atoms with Crippen LogP contribution >= 0.6 is 0 Å². The van der Waals surface area contributed by atoms with Crippen LogP contribution in [0.15, 0.2) is 54.6 Å². The fraction of sp³-hybridized carbons (Fsp3) is 0.211. The number of rotatable bonds is 4. The van der Waals surface area contributed by atoms with E-state index in [1.54, 1.807) is 4.90 Å². The number of carbonyl (C=O) groups excluding carboxylic acids is 1. The summed E-state index contributed by atoms with van der Waals surface area (Å²) in [4.78, 5) is 14.0. The second kappa shape index (κ2) is 7.36. The van der Waals surface area contributed by atoms with E-state index in [2.05, 4.69) is 0 Å². The predicted octanol–water partition coefficient (Wildman–Crippen LogP) is 3.41. The van der Waals surface area contributed by atoms with Gasteiger partial charge in [-0.1, -0.05) is 36.4 Å². The molecule has 124 valence electrons. The first kappa shape index (κ1) is 16.3. The molecule has 3 rings (SSSR count). The molecule has 1 atom stereocenters. The van der Waals surface area contributed by atoms with Crippen molar-refractivity contribution in [2.75, 3.05) is 13.3 Å². The van der Waals surface area contributed by atoms with E-state index >= 15 is 0 Å². The molecule has 5 heteroatoms. The van der Waals surface area contributed by atoms with E-state index in [0.29, 0.717) is 18.6 Å². The van der Waals surface area contributed by atoms with Crippen LogP contribution in [0.1, 0.15) is 11.1 Å². The van der Waals surface area contributed by atoms with Gasteiger partial charge in [-0.2, -0.15) is 0 Å². The van der Waals surface area contributed by atoms with Gasteiger partial charge in [0.2, 0.25) is 5.91 Å². The molecule has 0 saturated carbocycles. The number of hydrogen-bond donors (Lipinski definition) is 0. The molecule has 3 nitrogen and oxygen atoms in total. The summed E-state index contributed by atoms with van der Waals surface area (Å²) in [7, 11) is 0. The summed E-state index contributed by atoms with van der Waals surface area (Å²) in [5, 5.41) is 0. The number of halogens is 2. The van der Waals surface area contributed by atoms with Crippen LogP contribution in [0.2, 0.25) is 0 Å². The number of ether oxygens (including phenoxy) is 1. The van der Waals surface area contributed by atoms with Crippen molar-refractivity contribution < 1.29 is 18.3 Å². The Morgan fingerprint density at radius 1 is 1.17 bits per heavy atom. The molecule has 1 unspecified atom stereocenters. The van der Waals surface area contributed by atoms with Gasteiger partial charge in [0.25, 0.3) is 0 Å². The zero-order valence-corrected chi connectivity index (χ0v) is 13.0. The maximum Gasteiger partial charge on any atom is 0.248 e. The summed E-state index contributed by atoms with van der Waals surface area (Å²) in [6, 6.07) is 13.4. The Hall–Kier alpha value is -2.53. The van der Waals surface area contributed by atoms with Crippen LogP contribution < -0.4 is 0 Å². The third kappa shape index (κ3) is 3.86. The second-order valence-corrected chi connectivity index (χ2v) is 5.66. The lowest BCUT2D eigenvalue weighted by Crippen LogP contribution is -2.36. The smallest absolute Gasteiger partial charge is 0.248 e. The zero-order chi connectivity index (χ0) is 16.9. The minimum Gasteiger partial charge on any atom is -0.359 e. The Bertz CT molecular complexity index is 746. The molecule has 0 N–H and O–H groups in total. The van der Waals surface area contributed by atoms with Gasteiger partial charge in [0.05, 0.1) is 12.6 Å². The molecule has 1 saturated heterocycles. The van der Waals surface area contributed by atoms with Crippen molar-refractivity contribution in [2.45, 2.75) is 12.5 Å². The summed E-state index contributed by atoms with van der Waals surface area (Å²) in [6.07, 6.45) is 3.55. The Labute approximate surface area is 139 Å². The van der Waals surface area contributed by atoms with Gasteiger partial charge < -0.3 is 9.64 Å². The third-order valence-corrected chi connectivity index (χ3v) is 3.94. The highest BCUT2D eigenvalue weighted by Crippen LogP contribution is 2.16. The van der Waals surface area contributed by atoms with E-state index in [-0.39, 0.29) is 18.7 Å². The minimum absolute atomic E-state index is 0.0329. The van der Waals surface area contributed by atoms with E-state index in [4.69, 9.17) is 4.74 Å². The molecule has 0 spiro atoms. The van der Waals surface area contributed by atoms with Gasteiger partial charge in [0.1, 0.15) is 6.73 Å². The van der Waals surface area contributed by atoms with Crippen LogP contribution in [0, 0.1) is 11.6 Å². The summed E-state index contributed by atoms with van der Waals surface area (Å²) in [5.74, 6) is -2.05. The first-order valence-corrected chi connectivity index (χ1v) is 7.69. The highest BCUT2D eigenvalue weighted by atomic mass is 19.2. The minimum atomic E-state index is -0.934. The van der Waals surface area contributed by atoms with E-state index < -0.39 is 11.6 Å². The maximum atomic E-state index is 13.2. The normalized spacial score (nSPS) is 17.6. The molecule has 2 aromatic carbocycles. The van der Waals surface area contributed by atoms with E-state index in [9.17, 15) is 13.6 Å². The second-order valence-electron chi connectivity index (χ2n) is 5.66. The molecule has 24 heavy (non-hydrogen) atoms. The standard InChI is InChI=1S/C19H17F2NO2/c20-17-8-6-15(11-18(17)21)7-9-19(23)22-13-24-12-16(22)10-14-4-2-1-3-5-14/h1-9,11,16H,10,12-13H2. The number of benzene rings is 2. The highest BCUT2D eigenvalue weighted by molar-refractivity contribution is 5.92. The summed E-state index contributed by atoms with van der Waals surface area (Å²) >= 11 is 0. The van der Waals surface area contributed by atoms with E-state index in [1.807, 2.05) is 30.3 Å². The molecule has 0 bridgehead atoms. The predicted molar refractivity (Wildman–Crippen MR) is 87.0 cm³/mol. The average Bonchev–Trinajstić information content (AvgIpc) is 3.05. The van der Waals surface area contributed by atoms with Gasteiger partial charge >= 0.3 is 0 Å². The average molecular weight is 329 g/mol. The monoisotopic (exact) mass is 329 g/mol. The van der Waals surface area contributed by atoms with Crippen molar-refractivity contribution in [1.82, 2.24) is 4.90 Å². The first-order chi connectivity index (χ1) is 11.6. The summed E-state index contributed by atoms with van der Waals surface area (Å²) in [6.45, 7) is 0.720. The van der Waals surface area contributed by atoms with Gasteiger partial charge in [-0.3, -0.25) is 4.79 Å². The van der Waals surface area contributed by atoms with Crippen molar-refractivity contribution >= 4 is 12.0 Å². The molecule has 1 aliphatic heterocycles. The summed E-state index contributed by atoms with van der Waals surface area (Å²) in [5.41, 5.74) is 1.57. The molecular weight excluding hydrogens is 312 g/mol. The van der Waals surface area contributed by atoms with Crippen molar-refractivity contribution in [3.05, 3.63) is 77.4 Å². The lowest BCUT2D eigenvalue weighted by molar-refractivity contribution is -0.127. The third-order valence-electron chi connectivity index (χ3n) is 3.94. The van der Waals surface area contributed by atoms with Gasteiger partial charge in [-0.25, -0.2) is 8.78 Å². The maximum absolute atomic E-state index is 13.2. The lowest BCUT2D eigenvalue weighted by atomic mass is 10.1. The Kier molecular flexibility index (Phi) is 5.01. The zero-order valence-electron chi connectivity index (χ0n) is 13.0. The van der Waals surface area contributed by atoms with Crippen molar-refractivity contribution in [3.63, 3.8) is 0 Å². The van der Waals surface area contributed by atoms with Crippen molar-refractivity contribution in [2.24, 2.45) is 0 Å². The first-order valence-electron chi connectivity index (χ1n) is 7.69. The number of nitrogens with zero attached hydrogens (tertiary/aromatic N) is 1. The summed E-state index contributed by atoms with van der Waals surface area (Å²) < 4.78 is 31.5. The van der Waals surface area contributed by atoms with Crippen LogP contribution in [0.25, 0.3) is 6.08 Å². The molecule has 1 aliphatic rings. The van der Waals surface area contributed by atoms with Crippen molar-refractivity contribution in [1.29, 1.82) is 0 Å². The molecule has 1 heterocycles.